The summed E-state index contributed by atoms with van der Waals surface area (Å²) in [6, 6.07) is 2.87. The smallest absolute Gasteiger partial charge is 0.321 e. The Kier molecular flexibility index (Phi) is 7.04. The van der Waals surface area contributed by atoms with Crippen LogP contribution in [0.25, 0.3) is 0 Å². The van der Waals surface area contributed by atoms with Crippen molar-refractivity contribution in [1.82, 2.24) is 5.32 Å². The van der Waals surface area contributed by atoms with E-state index in [0.717, 1.165) is 12.1 Å². The van der Waals surface area contributed by atoms with Gasteiger partial charge in [0.05, 0.1) is 11.5 Å². The minimum Gasteiger partial charge on any atom is -0.465 e. The molecule has 0 aliphatic carbocycles. The third-order valence-corrected chi connectivity index (χ3v) is 4.99. The number of hydrogen-bond donors (Lipinski definition) is 1. The number of carbonyl (C=O) groups is 2. The van der Waals surface area contributed by atoms with E-state index < -0.39 is 43.0 Å². The second-order valence-corrected chi connectivity index (χ2v) is 7.24. The van der Waals surface area contributed by atoms with Crippen LogP contribution in [0.1, 0.15) is 37.6 Å². The summed E-state index contributed by atoms with van der Waals surface area (Å²) in [5, 5.41) is 13.9. The first-order valence-corrected chi connectivity index (χ1v) is 9.25. The Morgan fingerprint density at radius 2 is 1.96 bits per heavy atom. The second-order valence-electron chi connectivity index (χ2n) is 5.29. The molecule has 1 amide bonds. The molecule has 0 spiro atoms. The van der Waals surface area contributed by atoms with E-state index in [1.165, 1.54) is 13.0 Å². The van der Waals surface area contributed by atoms with Crippen molar-refractivity contribution >= 4 is 27.4 Å². The zero-order valence-electron chi connectivity index (χ0n) is 14.1. The Morgan fingerprint density at radius 1 is 1.32 bits per heavy atom. The topological polar surface area (TPSA) is 133 Å². The first-order chi connectivity index (χ1) is 11.6. The van der Waals surface area contributed by atoms with Crippen LogP contribution in [-0.4, -0.2) is 43.6 Å². The molecule has 0 radical (unpaired) electrons. The highest BCUT2D eigenvalue weighted by Gasteiger charge is 2.30. The van der Waals surface area contributed by atoms with E-state index >= 15 is 0 Å². The lowest BCUT2D eigenvalue weighted by Crippen LogP contribution is -2.32. The lowest BCUT2D eigenvalue weighted by molar-refractivity contribution is -0.387. The minimum atomic E-state index is -4.28. The molecule has 1 aromatic carbocycles. The highest BCUT2D eigenvalue weighted by molar-refractivity contribution is 7.92. The lowest BCUT2D eigenvalue weighted by Gasteiger charge is -2.12. The van der Waals surface area contributed by atoms with E-state index in [2.05, 4.69) is 10.1 Å². The molecule has 0 aromatic heterocycles. The van der Waals surface area contributed by atoms with E-state index in [0.29, 0.717) is 6.42 Å². The van der Waals surface area contributed by atoms with Gasteiger partial charge in [0.25, 0.3) is 11.6 Å². The van der Waals surface area contributed by atoms with Crippen molar-refractivity contribution in [3.8, 4) is 0 Å². The van der Waals surface area contributed by atoms with E-state index in [1.807, 2.05) is 6.92 Å². The number of benzene rings is 1. The summed E-state index contributed by atoms with van der Waals surface area (Å²) in [6.07, 6.45) is 0.667. The maximum atomic E-state index is 12.2. The monoisotopic (exact) mass is 372 g/mol. The van der Waals surface area contributed by atoms with Gasteiger partial charge in [-0.15, -0.1) is 0 Å². The number of ether oxygens (including phenoxy) is 1. The predicted molar refractivity (Wildman–Crippen MR) is 89.0 cm³/mol. The Bertz CT molecular complexity index is 774. The molecule has 10 heteroatoms. The Morgan fingerprint density at radius 3 is 2.48 bits per heavy atom. The van der Waals surface area contributed by atoms with Crippen molar-refractivity contribution in [3.05, 3.63) is 33.9 Å². The lowest BCUT2D eigenvalue weighted by atomic mass is 10.1. The van der Waals surface area contributed by atoms with Crippen molar-refractivity contribution in [3.63, 3.8) is 0 Å². The number of esters is 1. The molecule has 0 aliphatic rings. The fourth-order valence-corrected chi connectivity index (χ4v) is 3.19. The quantitative estimate of drug-likeness (QED) is 0.415. The average molecular weight is 372 g/mol. The summed E-state index contributed by atoms with van der Waals surface area (Å²) >= 11 is 0. The summed E-state index contributed by atoms with van der Waals surface area (Å²) in [7, 11) is -4.28. The molecule has 0 heterocycles. The summed E-state index contributed by atoms with van der Waals surface area (Å²) in [6.45, 7) is 5.13. The van der Waals surface area contributed by atoms with Crippen LogP contribution in [0.2, 0.25) is 0 Å². The van der Waals surface area contributed by atoms with Crippen LogP contribution in [0.4, 0.5) is 5.69 Å². The Balaban J connectivity index is 3.24. The van der Waals surface area contributed by atoms with E-state index in [4.69, 9.17) is 0 Å². The molecule has 25 heavy (non-hydrogen) atoms. The van der Waals surface area contributed by atoms with E-state index in [9.17, 15) is 28.1 Å². The summed E-state index contributed by atoms with van der Waals surface area (Å²) in [5.41, 5.74) is -0.803. The van der Waals surface area contributed by atoms with Crippen molar-refractivity contribution in [2.75, 3.05) is 12.4 Å². The number of carbonyl (C=O) groups excluding carboxylic acids is 2. The zero-order chi connectivity index (χ0) is 19.2. The number of nitrogens with zero attached hydrogens (tertiary/aromatic N) is 1. The summed E-state index contributed by atoms with van der Waals surface area (Å²) in [5.74, 6) is -2.57. The van der Waals surface area contributed by atoms with Crippen LogP contribution >= 0.6 is 0 Å². The van der Waals surface area contributed by atoms with Gasteiger partial charge >= 0.3 is 5.97 Å². The maximum Gasteiger partial charge on any atom is 0.321 e. The van der Waals surface area contributed by atoms with E-state index in [-0.39, 0.29) is 18.2 Å². The number of rotatable bonds is 8. The van der Waals surface area contributed by atoms with Crippen LogP contribution in [0, 0.1) is 10.1 Å². The molecule has 138 valence electrons. The molecule has 1 aromatic rings. The number of nitrogens with one attached hydrogen (secondary N) is 1. The fourth-order valence-electron chi connectivity index (χ4n) is 1.91. The molecule has 0 aliphatic heterocycles. The largest absolute Gasteiger partial charge is 0.465 e. The SMILES string of the molecule is CCOC(=O)CS(=O)(=O)c1ccc(C(=O)N[C@@H](C)CC)cc1[N+](=O)[O-]. The molecule has 1 rings (SSSR count). The van der Waals surface area contributed by atoms with Crippen LogP contribution in [-0.2, 0) is 19.4 Å². The van der Waals surface area contributed by atoms with Gasteiger partial charge in [0.15, 0.2) is 15.6 Å². The van der Waals surface area contributed by atoms with E-state index in [1.54, 1.807) is 6.92 Å². The van der Waals surface area contributed by atoms with Crippen LogP contribution in [0.15, 0.2) is 23.1 Å². The molecule has 1 atom stereocenters. The van der Waals surface area contributed by atoms with Gasteiger partial charge in [-0.3, -0.25) is 19.7 Å². The first kappa shape index (κ1) is 20.6. The second kappa shape index (κ2) is 8.56. The molecule has 0 saturated heterocycles. The third-order valence-electron chi connectivity index (χ3n) is 3.36. The standard InChI is InChI=1S/C15H20N2O7S/c1-4-10(3)16-15(19)11-6-7-13(12(8-11)17(20)21)25(22,23)9-14(18)24-5-2/h6-8,10H,4-5,9H2,1-3H3,(H,16,19)/t10-/m0/s1. The van der Waals surface area contributed by atoms with Crippen LogP contribution in [0.3, 0.4) is 0 Å². The predicted octanol–water partition coefficient (Wildman–Crippen LogP) is 1.46. The highest BCUT2D eigenvalue weighted by atomic mass is 32.2. The van der Waals surface area contributed by atoms with Crippen molar-refractivity contribution < 1.29 is 27.7 Å². The van der Waals surface area contributed by atoms with Gasteiger partial charge in [-0.25, -0.2) is 8.42 Å². The Labute approximate surface area is 145 Å². The summed E-state index contributed by atoms with van der Waals surface area (Å²) < 4.78 is 29.0. The fraction of sp³-hybridized carbons (Fsp3) is 0.467. The molecule has 0 bridgehead atoms. The van der Waals surface area contributed by atoms with Crippen molar-refractivity contribution in [2.45, 2.75) is 38.1 Å². The van der Waals surface area contributed by atoms with Gasteiger partial charge in [0.2, 0.25) is 0 Å². The van der Waals surface area contributed by atoms with Gasteiger partial charge in [0, 0.05) is 17.7 Å². The molecule has 0 fully saturated rings. The molecule has 1 N–H and O–H groups in total. The normalized spacial score (nSPS) is 12.3. The number of nitro groups is 1. The van der Waals surface area contributed by atoms with Crippen molar-refractivity contribution in [1.29, 1.82) is 0 Å². The number of hydrogen-bond acceptors (Lipinski definition) is 7. The van der Waals surface area contributed by atoms with Gasteiger partial charge in [-0.05, 0) is 32.4 Å². The number of amides is 1. The van der Waals surface area contributed by atoms with Crippen LogP contribution < -0.4 is 5.32 Å². The highest BCUT2D eigenvalue weighted by Crippen LogP contribution is 2.26. The summed E-state index contributed by atoms with van der Waals surface area (Å²) in [4.78, 5) is 33.2. The zero-order valence-corrected chi connectivity index (χ0v) is 15.0. The minimum absolute atomic E-state index is 0.00876. The third kappa shape index (κ3) is 5.52. The van der Waals surface area contributed by atoms with Gasteiger partial charge in [-0.1, -0.05) is 6.92 Å². The Hall–Kier alpha value is -2.49. The molecule has 0 unspecified atom stereocenters. The molecule has 9 nitrogen and oxygen atoms in total. The van der Waals surface area contributed by atoms with Gasteiger partial charge < -0.3 is 10.1 Å². The molecular weight excluding hydrogens is 352 g/mol. The number of sulfone groups is 1. The number of nitro benzene ring substituents is 1. The average Bonchev–Trinajstić information content (AvgIpc) is 2.53. The molecule has 0 saturated carbocycles. The van der Waals surface area contributed by atoms with Gasteiger partial charge in [-0.2, -0.15) is 0 Å². The first-order valence-electron chi connectivity index (χ1n) is 7.60. The maximum absolute atomic E-state index is 12.2. The van der Waals surface area contributed by atoms with Crippen LogP contribution in [0.5, 0.6) is 0 Å². The van der Waals surface area contributed by atoms with Crippen molar-refractivity contribution in [2.24, 2.45) is 0 Å². The molecular formula is C15H20N2O7S. The van der Waals surface area contributed by atoms with Gasteiger partial charge in [0.1, 0.15) is 4.90 Å².